The Morgan fingerprint density at radius 3 is 2.68 bits per heavy atom. The summed E-state index contributed by atoms with van der Waals surface area (Å²) in [5.41, 5.74) is 1.97. The van der Waals surface area contributed by atoms with Gasteiger partial charge in [0.15, 0.2) is 0 Å². The van der Waals surface area contributed by atoms with Crippen molar-refractivity contribution in [3.05, 3.63) is 74.1 Å². The maximum atomic E-state index is 12.5. The average molecular weight is 398 g/mol. The fraction of sp³-hybridized carbons (Fsp3) is 0.167. The van der Waals surface area contributed by atoms with E-state index in [-0.39, 0.29) is 29.1 Å². The third kappa shape index (κ3) is 2.97. The number of nitro benzene ring substituents is 1. The summed E-state index contributed by atoms with van der Waals surface area (Å²) < 4.78 is 1.62. The summed E-state index contributed by atoms with van der Waals surface area (Å²) in [4.78, 5) is 36.4. The quantitative estimate of drug-likeness (QED) is 0.355. The number of benzene rings is 1. The summed E-state index contributed by atoms with van der Waals surface area (Å²) in [5, 5.41) is 24.1. The van der Waals surface area contributed by atoms with E-state index in [0.717, 1.165) is 11.1 Å². The van der Waals surface area contributed by atoms with E-state index in [1.165, 1.54) is 28.8 Å². The molecule has 3 heterocycles. The van der Waals surface area contributed by atoms with E-state index in [0.29, 0.717) is 10.5 Å². The second kappa shape index (κ2) is 6.64. The minimum atomic E-state index is -1.17. The number of β-lactam (4-membered cyclic amide) rings is 1. The van der Waals surface area contributed by atoms with Gasteiger partial charge in [-0.2, -0.15) is 5.10 Å². The van der Waals surface area contributed by atoms with Crippen molar-refractivity contribution < 1.29 is 19.6 Å². The number of carbonyl (C=O) groups excluding carboxylic acids is 1. The number of non-ortho nitro benzene ring substituents is 1. The number of nitrogens with zero attached hydrogens (tertiary/aromatic N) is 4. The topological polar surface area (TPSA) is 119 Å². The predicted octanol–water partition coefficient (Wildman–Crippen LogP) is 2.17. The van der Waals surface area contributed by atoms with Crippen LogP contribution in [0, 0.1) is 10.1 Å². The molecule has 0 radical (unpaired) electrons. The Bertz CT molecular complexity index is 1070. The molecule has 142 valence electrons. The number of aryl methyl sites for hydroxylation is 1. The fourth-order valence-corrected chi connectivity index (χ4v) is 4.60. The van der Waals surface area contributed by atoms with Crippen molar-refractivity contribution in [1.29, 1.82) is 0 Å². The zero-order valence-electron chi connectivity index (χ0n) is 14.6. The van der Waals surface area contributed by atoms with Gasteiger partial charge >= 0.3 is 5.97 Å². The molecule has 0 bridgehead atoms. The number of hydrogen-bond donors (Lipinski definition) is 1. The largest absolute Gasteiger partial charge is 0.477 e. The number of carboxylic acids is 1. The molecule has 1 fully saturated rings. The first kappa shape index (κ1) is 18.0. The monoisotopic (exact) mass is 398 g/mol. The molecule has 0 saturated carbocycles. The van der Waals surface area contributed by atoms with Crippen molar-refractivity contribution in [3.8, 4) is 0 Å². The van der Waals surface area contributed by atoms with Gasteiger partial charge in [0, 0.05) is 42.3 Å². The van der Waals surface area contributed by atoms with Crippen LogP contribution in [0.4, 0.5) is 5.69 Å². The number of carboxylic acid groups (broad SMARTS) is 1. The molecule has 0 aliphatic carbocycles. The summed E-state index contributed by atoms with van der Waals surface area (Å²) in [6.07, 6.45) is 5.40. The third-order valence-corrected chi connectivity index (χ3v) is 5.80. The Kier molecular flexibility index (Phi) is 4.27. The van der Waals surface area contributed by atoms with Gasteiger partial charge in [0.2, 0.25) is 0 Å². The fourth-order valence-electron chi connectivity index (χ4n) is 3.18. The highest BCUT2D eigenvalue weighted by Gasteiger charge is 2.52. The predicted molar refractivity (Wildman–Crippen MR) is 101 cm³/mol. The molecule has 1 aromatic carbocycles. The maximum Gasteiger partial charge on any atom is 0.353 e. The summed E-state index contributed by atoms with van der Waals surface area (Å²) in [6.45, 7) is 0. The highest BCUT2D eigenvalue weighted by atomic mass is 32.2. The van der Waals surface area contributed by atoms with Gasteiger partial charge in [-0.05, 0) is 11.6 Å². The van der Waals surface area contributed by atoms with E-state index < -0.39 is 10.9 Å². The standard InChI is InChI=1S/C18H14N4O5S/c1-20-9-11(8-19-20)6-13-16(23)21-15(18(24)25)14(28-17(13)21)7-10-2-4-12(5-3-10)22(26)27/h2-6,8-9,17H,7H2,1H3,(H,24,25). The van der Waals surface area contributed by atoms with Crippen LogP contribution in [0.3, 0.4) is 0 Å². The van der Waals surface area contributed by atoms with Crippen molar-refractivity contribution in [2.45, 2.75) is 11.8 Å². The lowest BCUT2D eigenvalue weighted by molar-refractivity contribution is -0.384. The van der Waals surface area contributed by atoms with Crippen LogP contribution in [-0.2, 0) is 23.1 Å². The molecule has 1 atom stereocenters. The lowest BCUT2D eigenvalue weighted by atomic mass is 10.0. The highest BCUT2D eigenvalue weighted by Crippen LogP contribution is 2.50. The smallest absolute Gasteiger partial charge is 0.353 e. The van der Waals surface area contributed by atoms with Crippen LogP contribution in [0.5, 0.6) is 0 Å². The van der Waals surface area contributed by atoms with Crippen LogP contribution in [0.15, 0.2) is 52.8 Å². The minimum absolute atomic E-state index is 0.0262. The number of fused-ring (bicyclic) bond motifs is 1. The number of nitro groups is 1. The van der Waals surface area contributed by atoms with Gasteiger partial charge in [0.25, 0.3) is 11.6 Å². The zero-order chi connectivity index (χ0) is 20.0. The second-order valence-corrected chi connectivity index (χ2v) is 7.54. The van der Waals surface area contributed by atoms with E-state index in [2.05, 4.69) is 5.10 Å². The number of rotatable bonds is 5. The first-order valence-corrected chi connectivity index (χ1v) is 9.13. The summed E-state index contributed by atoms with van der Waals surface area (Å²) in [6, 6.07) is 5.94. The number of hydrogen-bond acceptors (Lipinski definition) is 6. The van der Waals surface area contributed by atoms with E-state index in [1.807, 2.05) is 0 Å². The molecule has 1 amide bonds. The van der Waals surface area contributed by atoms with Crippen LogP contribution < -0.4 is 0 Å². The SMILES string of the molecule is Cn1cc(C=C2C(=O)N3C(C(=O)O)=C(Cc4ccc([N+](=O)[O-])cc4)SC23)cn1. The lowest BCUT2D eigenvalue weighted by Gasteiger charge is -2.37. The number of thioether (sulfide) groups is 1. The minimum Gasteiger partial charge on any atom is -0.477 e. The van der Waals surface area contributed by atoms with Crippen molar-refractivity contribution in [2.24, 2.45) is 7.05 Å². The molecule has 1 N–H and O–H groups in total. The Labute approximate surface area is 163 Å². The molecule has 2 aromatic rings. The van der Waals surface area contributed by atoms with Crippen molar-refractivity contribution in [1.82, 2.24) is 14.7 Å². The van der Waals surface area contributed by atoms with Crippen LogP contribution in [0.25, 0.3) is 6.08 Å². The van der Waals surface area contributed by atoms with Crippen LogP contribution >= 0.6 is 11.8 Å². The molecule has 2 aliphatic heterocycles. The Balaban J connectivity index is 1.60. The first-order chi connectivity index (χ1) is 13.3. The maximum absolute atomic E-state index is 12.5. The third-order valence-electron chi connectivity index (χ3n) is 4.49. The molecule has 4 rings (SSSR count). The van der Waals surface area contributed by atoms with Gasteiger partial charge in [-0.15, -0.1) is 0 Å². The molecule has 0 spiro atoms. The lowest BCUT2D eigenvalue weighted by Crippen LogP contribution is -2.51. The zero-order valence-corrected chi connectivity index (χ0v) is 15.4. The molecule has 10 heteroatoms. The van der Waals surface area contributed by atoms with E-state index >= 15 is 0 Å². The van der Waals surface area contributed by atoms with Crippen LogP contribution in [0.2, 0.25) is 0 Å². The Morgan fingerprint density at radius 1 is 1.39 bits per heavy atom. The van der Waals surface area contributed by atoms with Crippen molar-refractivity contribution >= 4 is 35.4 Å². The number of aliphatic carboxylic acids is 1. The van der Waals surface area contributed by atoms with Crippen LogP contribution in [0.1, 0.15) is 11.1 Å². The van der Waals surface area contributed by atoms with Crippen molar-refractivity contribution in [3.63, 3.8) is 0 Å². The molecule has 2 aliphatic rings. The molecule has 1 saturated heterocycles. The average Bonchev–Trinajstić information content (AvgIpc) is 3.21. The van der Waals surface area contributed by atoms with Crippen LogP contribution in [-0.4, -0.2) is 42.0 Å². The first-order valence-electron chi connectivity index (χ1n) is 8.25. The van der Waals surface area contributed by atoms with Gasteiger partial charge in [0.1, 0.15) is 11.1 Å². The summed E-state index contributed by atoms with van der Waals surface area (Å²) in [7, 11) is 1.77. The number of allylic oxidation sites excluding steroid dienone is 1. The van der Waals surface area contributed by atoms with Gasteiger partial charge < -0.3 is 5.11 Å². The molecule has 9 nitrogen and oxygen atoms in total. The van der Waals surface area contributed by atoms with Gasteiger partial charge in [-0.1, -0.05) is 23.9 Å². The van der Waals surface area contributed by atoms with Gasteiger partial charge in [0.05, 0.1) is 16.7 Å². The summed E-state index contributed by atoms with van der Waals surface area (Å²) in [5.74, 6) is -1.50. The highest BCUT2D eigenvalue weighted by molar-refractivity contribution is 8.04. The van der Waals surface area contributed by atoms with E-state index in [1.54, 1.807) is 42.3 Å². The Hall–Kier alpha value is -3.40. The Morgan fingerprint density at radius 2 is 2.11 bits per heavy atom. The molecular weight excluding hydrogens is 384 g/mol. The molecule has 28 heavy (non-hydrogen) atoms. The number of aromatic nitrogens is 2. The van der Waals surface area contributed by atoms with E-state index in [9.17, 15) is 24.8 Å². The molecular formula is C18H14N4O5S. The molecule has 1 aromatic heterocycles. The second-order valence-electron chi connectivity index (χ2n) is 6.37. The van der Waals surface area contributed by atoms with Gasteiger partial charge in [-0.25, -0.2) is 4.79 Å². The molecule has 1 unspecified atom stereocenters. The normalized spacial score (nSPS) is 19.8. The van der Waals surface area contributed by atoms with Crippen molar-refractivity contribution in [2.75, 3.05) is 0 Å². The van der Waals surface area contributed by atoms with Gasteiger partial charge in [-0.3, -0.25) is 24.5 Å². The summed E-state index contributed by atoms with van der Waals surface area (Å²) >= 11 is 1.31. The van der Waals surface area contributed by atoms with E-state index in [4.69, 9.17) is 0 Å². The number of amides is 1. The number of carbonyl (C=O) groups is 2.